The number of carbonyl (C=O) groups is 1. The van der Waals surface area contributed by atoms with Crippen LogP contribution in [0.2, 0.25) is 0 Å². The fourth-order valence-corrected chi connectivity index (χ4v) is 3.59. The van der Waals surface area contributed by atoms with Gasteiger partial charge in [-0.3, -0.25) is 4.79 Å². The zero-order chi connectivity index (χ0) is 14.2. The molecule has 0 saturated carbocycles. The number of phenolic OH excluding ortho intramolecular Hbond substituents is 1. The highest BCUT2D eigenvalue weighted by atomic mass is 32.2. The highest BCUT2D eigenvalue weighted by molar-refractivity contribution is 7.88. The Bertz CT molecular complexity index is 581. The van der Waals surface area contributed by atoms with Crippen LogP contribution >= 0.6 is 0 Å². The lowest BCUT2D eigenvalue weighted by atomic mass is 9.92. The first-order valence-electron chi connectivity index (χ1n) is 5.79. The van der Waals surface area contributed by atoms with Crippen molar-refractivity contribution in [2.24, 2.45) is 0 Å². The van der Waals surface area contributed by atoms with Crippen LogP contribution in [0.5, 0.6) is 5.75 Å². The molecule has 2 unspecified atom stereocenters. The fraction of sp³-hybridized carbons (Fsp3) is 0.417. The summed E-state index contributed by atoms with van der Waals surface area (Å²) in [6.07, 6.45) is 1.47. The third-order valence-corrected chi connectivity index (χ3v) is 4.61. The molecule has 1 fully saturated rings. The van der Waals surface area contributed by atoms with Gasteiger partial charge in [0, 0.05) is 12.5 Å². The molecule has 0 amide bonds. The number of aromatic hydroxyl groups is 1. The molecule has 0 bridgehead atoms. The number of benzene rings is 1. The van der Waals surface area contributed by atoms with Gasteiger partial charge < -0.3 is 10.2 Å². The van der Waals surface area contributed by atoms with Gasteiger partial charge in [-0.15, -0.1) is 0 Å². The molecule has 2 N–H and O–H groups in total. The maximum absolute atomic E-state index is 11.6. The van der Waals surface area contributed by atoms with Crippen LogP contribution in [0.25, 0.3) is 0 Å². The monoisotopic (exact) mass is 285 g/mol. The number of carboxylic acid groups (broad SMARTS) is 1. The first-order valence-corrected chi connectivity index (χ1v) is 7.64. The molecule has 1 aromatic carbocycles. The summed E-state index contributed by atoms with van der Waals surface area (Å²) in [5, 5.41) is 18.5. The first kappa shape index (κ1) is 13.8. The fourth-order valence-electron chi connectivity index (χ4n) is 2.50. The van der Waals surface area contributed by atoms with E-state index in [0.717, 1.165) is 16.1 Å². The summed E-state index contributed by atoms with van der Waals surface area (Å²) in [7, 11) is -3.54. The van der Waals surface area contributed by atoms with Crippen LogP contribution in [0.4, 0.5) is 0 Å². The molecule has 1 aromatic rings. The minimum atomic E-state index is -3.54. The highest BCUT2D eigenvalue weighted by Crippen LogP contribution is 2.35. The topological polar surface area (TPSA) is 94.9 Å². The van der Waals surface area contributed by atoms with E-state index in [1.54, 1.807) is 12.1 Å². The van der Waals surface area contributed by atoms with E-state index in [0.29, 0.717) is 6.42 Å². The summed E-state index contributed by atoms with van der Waals surface area (Å²) in [6.45, 7) is 0.196. The molecule has 19 heavy (non-hydrogen) atoms. The van der Waals surface area contributed by atoms with E-state index in [9.17, 15) is 23.4 Å². The van der Waals surface area contributed by atoms with Gasteiger partial charge in [-0.1, -0.05) is 12.1 Å². The molecule has 2 atom stereocenters. The normalized spacial score (nSPS) is 24.5. The molecule has 6 nitrogen and oxygen atoms in total. The molecule has 1 saturated heterocycles. The Morgan fingerprint density at radius 1 is 1.32 bits per heavy atom. The average molecular weight is 285 g/mol. The Labute approximate surface area is 111 Å². The maximum atomic E-state index is 11.6. The number of hydrogen-bond donors (Lipinski definition) is 2. The SMILES string of the molecule is CS(=O)(=O)N1CCC(c2ccc(O)cc2)C1C(=O)O. The van der Waals surface area contributed by atoms with Gasteiger partial charge in [0.25, 0.3) is 0 Å². The van der Waals surface area contributed by atoms with Gasteiger partial charge in [0.1, 0.15) is 11.8 Å². The number of aliphatic carboxylic acids is 1. The Kier molecular flexibility index (Phi) is 3.51. The average Bonchev–Trinajstić information content (AvgIpc) is 2.74. The van der Waals surface area contributed by atoms with Gasteiger partial charge in [-0.05, 0) is 24.1 Å². The third kappa shape index (κ3) is 2.71. The van der Waals surface area contributed by atoms with E-state index >= 15 is 0 Å². The van der Waals surface area contributed by atoms with Crippen molar-refractivity contribution in [2.75, 3.05) is 12.8 Å². The van der Waals surface area contributed by atoms with Crippen molar-refractivity contribution in [2.45, 2.75) is 18.4 Å². The van der Waals surface area contributed by atoms with Gasteiger partial charge in [-0.25, -0.2) is 8.42 Å². The second kappa shape index (κ2) is 4.82. The second-order valence-corrected chi connectivity index (χ2v) is 6.58. The van der Waals surface area contributed by atoms with Gasteiger partial charge in [0.15, 0.2) is 0 Å². The standard InChI is InChI=1S/C12H15NO5S/c1-19(17,18)13-7-6-10(11(13)12(15)16)8-2-4-9(14)5-3-8/h2-5,10-11,14H,6-7H2,1H3,(H,15,16). The van der Waals surface area contributed by atoms with Crippen molar-refractivity contribution >= 4 is 16.0 Å². The van der Waals surface area contributed by atoms with Crippen molar-refractivity contribution in [1.29, 1.82) is 0 Å². The van der Waals surface area contributed by atoms with Crippen molar-refractivity contribution in [1.82, 2.24) is 4.31 Å². The van der Waals surface area contributed by atoms with E-state index < -0.39 is 28.0 Å². The lowest BCUT2D eigenvalue weighted by Crippen LogP contribution is -2.42. The van der Waals surface area contributed by atoms with Crippen LogP contribution in [-0.4, -0.2) is 47.7 Å². The third-order valence-electron chi connectivity index (χ3n) is 3.35. The molecule has 1 aliphatic rings. The molecule has 0 radical (unpaired) electrons. The Hall–Kier alpha value is -1.60. The van der Waals surface area contributed by atoms with Crippen molar-refractivity contribution in [3.8, 4) is 5.75 Å². The van der Waals surface area contributed by atoms with Crippen LogP contribution < -0.4 is 0 Å². The number of hydrogen-bond acceptors (Lipinski definition) is 4. The van der Waals surface area contributed by atoms with Gasteiger partial charge >= 0.3 is 5.97 Å². The molecule has 104 valence electrons. The predicted octanol–water partition coefficient (Wildman–Crippen LogP) is 0.594. The minimum Gasteiger partial charge on any atom is -0.508 e. The first-order chi connectivity index (χ1) is 8.80. The van der Waals surface area contributed by atoms with Crippen molar-refractivity contribution < 1.29 is 23.4 Å². The second-order valence-electron chi connectivity index (χ2n) is 4.64. The van der Waals surface area contributed by atoms with E-state index in [2.05, 4.69) is 0 Å². The summed E-state index contributed by atoms with van der Waals surface area (Å²) in [6, 6.07) is 5.11. The zero-order valence-electron chi connectivity index (χ0n) is 10.4. The summed E-state index contributed by atoms with van der Waals surface area (Å²) in [4.78, 5) is 11.4. The van der Waals surface area contributed by atoms with Crippen LogP contribution in [0.3, 0.4) is 0 Å². The van der Waals surface area contributed by atoms with Crippen molar-refractivity contribution in [3.63, 3.8) is 0 Å². The summed E-state index contributed by atoms with van der Waals surface area (Å²) >= 11 is 0. The number of rotatable bonds is 3. The van der Waals surface area contributed by atoms with Crippen LogP contribution in [0.1, 0.15) is 17.9 Å². The van der Waals surface area contributed by atoms with Crippen molar-refractivity contribution in [3.05, 3.63) is 29.8 Å². The van der Waals surface area contributed by atoms with Crippen LogP contribution in [-0.2, 0) is 14.8 Å². The van der Waals surface area contributed by atoms with E-state index in [1.807, 2.05) is 0 Å². The van der Waals surface area contributed by atoms with E-state index in [1.165, 1.54) is 12.1 Å². The van der Waals surface area contributed by atoms with Gasteiger partial charge in [0.2, 0.25) is 10.0 Å². The Morgan fingerprint density at radius 2 is 1.89 bits per heavy atom. The number of sulfonamides is 1. The summed E-state index contributed by atoms with van der Waals surface area (Å²) in [5.74, 6) is -1.46. The predicted molar refractivity (Wildman–Crippen MR) is 68.4 cm³/mol. The maximum Gasteiger partial charge on any atom is 0.322 e. The lowest BCUT2D eigenvalue weighted by Gasteiger charge is -2.22. The largest absolute Gasteiger partial charge is 0.508 e. The van der Waals surface area contributed by atoms with Gasteiger partial charge in [0.05, 0.1) is 6.26 Å². The summed E-state index contributed by atoms with van der Waals surface area (Å²) < 4.78 is 24.2. The molecule has 2 rings (SSSR count). The van der Waals surface area contributed by atoms with Gasteiger partial charge in [-0.2, -0.15) is 4.31 Å². The molecule has 1 heterocycles. The zero-order valence-corrected chi connectivity index (χ0v) is 11.2. The van der Waals surface area contributed by atoms with Crippen LogP contribution in [0.15, 0.2) is 24.3 Å². The number of carboxylic acids is 1. The minimum absolute atomic E-state index is 0.0913. The Balaban J connectivity index is 2.37. The lowest BCUT2D eigenvalue weighted by molar-refractivity contribution is -0.141. The molecule has 1 aliphatic heterocycles. The molecular weight excluding hydrogens is 270 g/mol. The number of phenols is 1. The molecule has 0 aromatic heterocycles. The summed E-state index contributed by atoms with van der Waals surface area (Å²) in [5.41, 5.74) is 0.719. The Morgan fingerprint density at radius 3 is 2.37 bits per heavy atom. The highest BCUT2D eigenvalue weighted by Gasteiger charge is 2.44. The van der Waals surface area contributed by atoms with Crippen LogP contribution in [0, 0.1) is 0 Å². The molecule has 0 aliphatic carbocycles. The molecular formula is C12H15NO5S. The molecule has 7 heteroatoms. The quantitative estimate of drug-likeness (QED) is 0.847. The van der Waals surface area contributed by atoms with E-state index in [-0.39, 0.29) is 12.3 Å². The molecule has 0 spiro atoms. The smallest absolute Gasteiger partial charge is 0.322 e. The number of nitrogens with zero attached hydrogens (tertiary/aromatic N) is 1. The van der Waals surface area contributed by atoms with E-state index in [4.69, 9.17) is 0 Å².